The third-order valence-electron chi connectivity index (χ3n) is 4.63. The summed E-state index contributed by atoms with van der Waals surface area (Å²) in [6, 6.07) is 21.9. The maximum atomic E-state index is 2.40. The summed E-state index contributed by atoms with van der Waals surface area (Å²) in [4.78, 5) is 0. The molecule has 0 heteroatoms. The smallest absolute Gasteiger partial charge is 0.00919 e. The van der Waals surface area contributed by atoms with Gasteiger partial charge in [0.2, 0.25) is 0 Å². The zero-order chi connectivity index (χ0) is 14.4. The second-order valence-corrected chi connectivity index (χ2v) is 5.97. The van der Waals surface area contributed by atoms with E-state index in [0.29, 0.717) is 5.92 Å². The predicted molar refractivity (Wildman–Crippen MR) is 88.0 cm³/mol. The van der Waals surface area contributed by atoms with Gasteiger partial charge in [0.25, 0.3) is 0 Å². The average Bonchev–Trinajstić information content (AvgIpc) is 2.53. The third kappa shape index (κ3) is 3.72. The molecule has 0 saturated heterocycles. The van der Waals surface area contributed by atoms with Crippen molar-refractivity contribution < 1.29 is 0 Å². The van der Waals surface area contributed by atoms with Crippen LogP contribution in [0.15, 0.2) is 60.7 Å². The van der Waals surface area contributed by atoms with Crippen molar-refractivity contribution >= 4 is 0 Å². The minimum absolute atomic E-state index is 0.515. The van der Waals surface area contributed by atoms with Crippen molar-refractivity contribution in [3.63, 3.8) is 0 Å². The van der Waals surface area contributed by atoms with Crippen LogP contribution in [0.2, 0.25) is 0 Å². The van der Waals surface area contributed by atoms with Crippen LogP contribution in [-0.2, 0) is 0 Å². The molecule has 0 radical (unpaired) electrons. The van der Waals surface area contributed by atoms with E-state index in [1.807, 2.05) is 0 Å². The van der Waals surface area contributed by atoms with E-state index >= 15 is 0 Å². The highest BCUT2D eigenvalue weighted by Gasteiger charge is 2.20. The summed E-state index contributed by atoms with van der Waals surface area (Å²) in [5.41, 5.74) is 2.88. The first-order valence-corrected chi connectivity index (χ1v) is 7.82. The van der Waals surface area contributed by atoms with Gasteiger partial charge < -0.3 is 0 Å². The maximum absolute atomic E-state index is 2.40. The highest BCUT2D eigenvalue weighted by atomic mass is 14.2. The summed E-state index contributed by atoms with van der Waals surface area (Å²) in [6.45, 7) is 7.06. The summed E-state index contributed by atoms with van der Waals surface area (Å²) < 4.78 is 0. The fourth-order valence-corrected chi connectivity index (χ4v) is 2.84. The molecule has 0 bridgehead atoms. The molecule has 0 N–H and O–H groups in total. The van der Waals surface area contributed by atoms with Crippen LogP contribution in [0.4, 0.5) is 0 Å². The van der Waals surface area contributed by atoms with Crippen molar-refractivity contribution in [1.29, 1.82) is 0 Å². The summed E-state index contributed by atoms with van der Waals surface area (Å²) in [7, 11) is 0. The van der Waals surface area contributed by atoms with Gasteiger partial charge in [0.15, 0.2) is 0 Å². The van der Waals surface area contributed by atoms with Crippen LogP contribution in [-0.4, -0.2) is 0 Å². The van der Waals surface area contributed by atoms with Gasteiger partial charge >= 0.3 is 0 Å². The Kier molecular flexibility index (Phi) is 5.40. The second-order valence-electron chi connectivity index (χ2n) is 5.97. The molecule has 0 fully saturated rings. The minimum Gasteiger partial charge on any atom is -0.0651 e. The standard InChI is InChI=1S/C20H26/c1-4-16(2)17(3)15-20(18-11-7-5-8-12-18)19-13-9-6-10-14-19/h5-14,16-17,20H,4,15H2,1-3H3. The Balaban J connectivity index is 2.26. The molecule has 0 aliphatic heterocycles. The molecule has 0 amide bonds. The van der Waals surface area contributed by atoms with E-state index < -0.39 is 0 Å². The number of hydrogen-bond acceptors (Lipinski definition) is 0. The van der Waals surface area contributed by atoms with Gasteiger partial charge in [-0.05, 0) is 29.4 Å². The molecule has 0 spiro atoms. The lowest BCUT2D eigenvalue weighted by Gasteiger charge is -2.25. The Morgan fingerprint density at radius 1 is 0.700 bits per heavy atom. The first kappa shape index (κ1) is 14.8. The maximum Gasteiger partial charge on any atom is 0.00919 e. The molecule has 0 heterocycles. The highest BCUT2D eigenvalue weighted by molar-refractivity contribution is 5.32. The molecular formula is C20H26. The summed E-state index contributed by atoms with van der Waals surface area (Å²) in [5.74, 6) is 2.04. The molecule has 0 nitrogen and oxygen atoms in total. The van der Waals surface area contributed by atoms with Gasteiger partial charge in [0.05, 0.1) is 0 Å². The zero-order valence-corrected chi connectivity index (χ0v) is 12.9. The molecule has 0 saturated carbocycles. The zero-order valence-electron chi connectivity index (χ0n) is 12.9. The summed E-state index contributed by atoms with van der Waals surface area (Å²) in [5, 5.41) is 0. The molecule has 2 rings (SSSR count). The Hall–Kier alpha value is -1.56. The van der Waals surface area contributed by atoms with Crippen molar-refractivity contribution in [1.82, 2.24) is 0 Å². The quantitative estimate of drug-likeness (QED) is 0.611. The Bertz CT molecular complexity index is 446. The third-order valence-corrected chi connectivity index (χ3v) is 4.63. The lowest BCUT2D eigenvalue weighted by atomic mass is 9.79. The van der Waals surface area contributed by atoms with Crippen LogP contribution < -0.4 is 0 Å². The Morgan fingerprint density at radius 2 is 1.15 bits per heavy atom. The normalized spacial score (nSPS) is 14.2. The van der Waals surface area contributed by atoms with Gasteiger partial charge in [0, 0.05) is 5.92 Å². The molecule has 106 valence electrons. The fraction of sp³-hybridized carbons (Fsp3) is 0.400. The van der Waals surface area contributed by atoms with Gasteiger partial charge in [-0.25, -0.2) is 0 Å². The van der Waals surface area contributed by atoms with Gasteiger partial charge in [-0.15, -0.1) is 0 Å². The van der Waals surface area contributed by atoms with E-state index in [9.17, 15) is 0 Å². The van der Waals surface area contributed by atoms with E-state index in [1.54, 1.807) is 0 Å². The second kappa shape index (κ2) is 7.28. The van der Waals surface area contributed by atoms with Crippen molar-refractivity contribution in [2.75, 3.05) is 0 Å². The minimum atomic E-state index is 0.515. The Labute approximate surface area is 123 Å². The van der Waals surface area contributed by atoms with Crippen LogP contribution >= 0.6 is 0 Å². The number of benzene rings is 2. The van der Waals surface area contributed by atoms with E-state index in [4.69, 9.17) is 0 Å². The lowest BCUT2D eigenvalue weighted by Crippen LogP contribution is -2.13. The molecule has 2 atom stereocenters. The first-order valence-electron chi connectivity index (χ1n) is 7.82. The molecule has 0 aromatic heterocycles. The number of hydrogen-bond donors (Lipinski definition) is 0. The molecular weight excluding hydrogens is 240 g/mol. The van der Waals surface area contributed by atoms with Crippen LogP contribution in [0.3, 0.4) is 0 Å². The summed E-state index contributed by atoms with van der Waals surface area (Å²) >= 11 is 0. The fourth-order valence-electron chi connectivity index (χ4n) is 2.84. The van der Waals surface area contributed by atoms with Gasteiger partial charge in [-0.3, -0.25) is 0 Å². The topological polar surface area (TPSA) is 0 Å². The number of rotatable bonds is 6. The molecule has 0 aliphatic carbocycles. The van der Waals surface area contributed by atoms with E-state index in [2.05, 4.69) is 81.4 Å². The Morgan fingerprint density at radius 3 is 1.55 bits per heavy atom. The molecule has 2 aromatic carbocycles. The monoisotopic (exact) mass is 266 g/mol. The van der Waals surface area contributed by atoms with Crippen molar-refractivity contribution in [3.8, 4) is 0 Å². The molecule has 20 heavy (non-hydrogen) atoms. The van der Waals surface area contributed by atoms with Crippen LogP contribution in [0.1, 0.15) is 50.7 Å². The average molecular weight is 266 g/mol. The molecule has 2 unspecified atom stereocenters. The molecule has 0 aliphatic rings. The largest absolute Gasteiger partial charge is 0.0651 e. The van der Waals surface area contributed by atoms with E-state index in [-0.39, 0.29) is 0 Å². The predicted octanol–water partition coefficient (Wildman–Crippen LogP) is 5.89. The van der Waals surface area contributed by atoms with Crippen LogP contribution in [0.25, 0.3) is 0 Å². The van der Waals surface area contributed by atoms with Crippen LogP contribution in [0.5, 0.6) is 0 Å². The van der Waals surface area contributed by atoms with Crippen LogP contribution in [0, 0.1) is 11.8 Å². The SMILES string of the molecule is CCC(C)C(C)CC(c1ccccc1)c1ccccc1. The van der Waals surface area contributed by atoms with Crippen molar-refractivity contribution in [2.45, 2.75) is 39.5 Å². The highest BCUT2D eigenvalue weighted by Crippen LogP contribution is 2.33. The lowest BCUT2D eigenvalue weighted by molar-refractivity contribution is 0.342. The summed E-state index contributed by atoms with van der Waals surface area (Å²) in [6.07, 6.45) is 2.49. The van der Waals surface area contributed by atoms with E-state index in [1.165, 1.54) is 24.0 Å². The first-order chi connectivity index (χ1) is 9.72. The van der Waals surface area contributed by atoms with Crippen molar-refractivity contribution in [2.24, 2.45) is 11.8 Å². The van der Waals surface area contributed by atoms with Gasteiger partial charge in [-0.2, -0.15) is 0 Å². The molecule has 2 aromatic rings. The van der Waals surface area contributed by atoms with Crippen molar-refractivity contribution in [3.05, 3.63) is 71.8 Å². The van der Waals surface area contributed by atoms with Gasteiger partial charge in [-0.1, -0.05) is 87.9 Å². The van der Waals surface area contributed by atoms with E-state index in [0.717, 1.165) is 11.8 Å². The van der Waals surface area contributed by atoms with Gasteiger partial charge in [0.1, 0.15) is 0 Å².